The van der Waals surface area contributed by atoms with Gasteiger partial charge in [0.1, 0.15) is 10.4 Å². The first-order valence-electron chi connectivity index (χ1n) is 6.61. The lowest BCUT2D eigenvalue weighted by molar-refractivity contribution is -0.147. The summed E-state index contributed by atoms with van der Waals surface area (Å²) in [6, 6.07) is 3.94. The number of carbonyl (C=O) groups excluding carboxylic acids is 2. The van der Waals surface area contributed by atoms with Crippen LogP contribution in [0.5, 0.6) is 11.5 Å². The highest BCUT2D eigenvalue weighted by Gasteiger charge is 2.38. The normalized spacial score (nSPS) is 17.5. The van der Waals surface area contributed by atoms with Gasteiger partial charge in [0.05, 0.1) is 19.1 Å². The number of ether oxygens (including phenoxy) is 2. The van der Waals surface area contributed by atoms with Crippen molar-refractivity contribution in [2.45, 2.75) is 13.0 Å². The van der Waals surface area contributed by atoms with E-state index in [1.165, 1.54) is 25.2 Å². The number of thiocarbonyl (C=S) groups is 1. The van der Waals surface area contributed by atoms with E-state index in [1.54, 1.807) is 25.1 Å². The maximum absolute atomic E-state index is 12.5. The van der Waals surface area contributed by atoms with Crippen LogP contribution in [0.1, 0.15) is 12.5 Å². The van der Waals surface area contributed by atoms with Crippen molar-refractivity contribution >= 4 is 46.3 Å². The van der Waals surface area contributed by atoms with Crippen LogP contribution in [0.25, 0.3) is 6.08 Å². The van der Waals surface area contributed by atoms with E-state index in [4.69, 9.17) is 17.0 Å². The Labute approximate surface area is 143 Å². The molecule has 0 saturated carbocycles. The largest absolute Gasteiger partial charge is 0.504 e. The van der Waals surface area contributed by atoms with Crippen LogP contribution in [-0.2, 0) is 14.3 Å². The monoisotopic (exact) mass is 353 g/mol. The van der Waals surface area contributed by atoms with Gasteiger partial charge in [0, 0.05) is 0 Å². The Kier molecular flexibility index (Phi) is 5.27. The zero-order chi connectivity index (χ0) is 17.1. The van der Waals surface area contributed by atoms with Crippen LogP contribution >= 0.6 is 24.0 Å². The fourth-order valence-corrected chi connectivity index (χ4v) is 3.44. The van der Waals surface area contributed by atoms with Crippen molar-refractivity contribution in [1.29, 1.82) is 0 Å². The quantitative estimate of drug-likeness (QED) is 0.505. The Morgan fingerprint density at radius 1 is 1.43 bits per heavy atom. The van der Waals surface area contributed by atoms with Crippen molar-refractivity contribution in [3.63, 3.8) is 0 Å². The SMILES string of the molecule is COC(=O)[C@H](C)N1C(=O)/C(=C/c2ccc(O)c(OC)c2)SC1=S. The summed E-state index contributed by atoms with van der Waals surface area (Å²) in [5, 5.41) is 9.59. The van der Waals surface area contributed by atoms with Gasteiger partial charge in [-0.15, -0.1) is 0 Å². The number of phenolic OH excluding ortho intramolecular Hbond substituents is 1. The van der Waals surface area contributed by atoms with E-state index >= 15 is 0 Å². The van der Waals surface area contributed by atoms with Crippen molar-refractivity contribution in [3.05, 3.63) is 28.7 Å². The number of esters is 1. The number of amides is 1. The van der Waals surface area contributed by atoms with Crippen LogP contribution in [0.4, 0.5) is 0 Å². The molecule has 1 fully saturated rings. The second-order valence-corrected chi connectivity index (χ2v) is 6.36. The number of rotatable bonds is 4. The zero-order valence-corrected chi connectivity index (χ0v) is 14.4. The molecular formula is C15H15NO5S2. The third kappa shape index (κ3) is 3.48. The highest BCUT2D eigenvalue weighted by molar-refractivity contribution is 8.26. The van der Waals surface area contributed by atoms with E-state index in [2.05, 4.69) is 4.74 Å². The molecule has 1 N–H and O–H groups in total. The van der Waals surface area contributed by atoms with Gasteiger partial charge < -0.3 is 14.6 Å². The lowest BCUT2D eigenvalue weighted by Crippen LogP contribution is -2.42. The number of aromatic hydroxyl groups is 1. The predicted octanol–water partition coefficient (Wildman–Crippen LogP) is 2.16. The summed E-state index contributed by atoms with van der Waals surface area (Å²) in [7, 11) is 2.70. The fourth-order valence-electron chi connectivity index (χ4n) is 2.03. The highest BCUT2D eigenvalue weighted by atomic mass is 32.2. The minimum Gasteiger partial charge on any atom is -0.504 e. The molecular weight excluding hydrogens is 338 g/mol. The number of nitrogens with zero attached hydrogens (tertiary/aromatic N) is 1. The summed E-state index contributed by atoms with van der Waals surface area (Å²) in [6.45, 7) is 1.56. The molecule has 0 aromatic heterocycles. The van der Waals surface area contributed by atoms with Gasteiger partial charge in [-0.05, 0) is 30.7 Å². The summed E-state index contributed by atoms with van der Waals surface area (Å²) in [4.78, 5) is 25.7. The molecule has 122 valence electrons. The van der Waals surface area contributed by atoms with Gasteiger partial charge in [-0.2, -0.15) is 0 Å². The molecule has 1 heterocycles. The molecule has 0 bridgehead atoms. The van der Waals surface area contributed by atoms with Crippen molar-refractivity contribution < 1.29 is 24.2 Å². The topological polar surface area (TPSA) is 76.1 Å². The van der Waals surface area contributed by atoms with E-state index in [9.17, 15) is 14.7 Å². The maximum Gasteiger partial charge on any atom is 0.328 e. The van der Waals surface area contributed by atoms with Crippen LogP contribution < -0.4 is 4.74 Å². The van der Waals surface area contributed by atoms with E-state index in [-0.39, 0.29) is 11.7 Å². The molecule has 6 nitrogen and oxygen atoms in total. The minimum atomic E-state index is -0.784. The van der Waals surface area contributed by atoms with Gasteiger partial charge in [-0.3, -0.25) is 9.69 Å². The summed E-state index contributed by atoms with van der Waals surface area (Å²) >= 11 is 6.29. The average Bonchev–Trinajstić information content (AvgIpc) is 2.81. The highest BCUT2D eigenvalue weighted by Crippen LogP contribution is 2.35. The molecule has 1 aromatic carbocycles. The number of hydrogen-bond acceptors (Lipinski definition) is 7. The number of hydrogen-bond donors (Lipinski definition) is 1. The molecule has 1 aromatic rings. The molecule has 0 spiro atoms. The number of benzene rings is 1. The van der Waals surface area contributed by atoms with Crippen LogP contribution in [0.2, 0.25) is 0 Å². The molecule has 1 atom stereocenters. The number of methoxy groups -OCH3 is 2. The molecule has 1 amide bonds. The van der Waals surface area contributed by atoms with Crippen molar-refractivity contribution in [2.24, 2.45) is 0 Å². The van der Waals surface area contributed by atoms with E-state index in [0.717, 1.165) is 11.8 Å². The van der Waals surface area contributed by atoms with Gasteiger partial charge in [-0.25, -0.2) is 4.79 Å². The third-order valence-electron chi connectivity index (χ3n) is 3.25. The Bertz CT molecular complexity index is 701. The summed E-state index contributed by atoms with van der Waals surface area (Å²) in [5.41, 5.74) is 0.672. The lowest BCUT2D eigenvalue weighted by Gasteiger charge is -2.20. The second-order valence-electron chi connectivity index (χ2n) is 4.68. The maximum atomic E-state index is 12.5. The molecule has 0 unspecified atom stereocenters. The Balaban J connectivity index is 2.30. The predicted molar refractivity (Wildman–Crippen MR) is 91.1 cm³/mol. The first-order valence-corrected chi connectivity index (χ1v) is 7.83. The van der Waals surface area contributed by atoms with Gasteiger partial charge in [-0.1, -0.05) is 30.0 Å². The van der Waals surface area contributed by atoms with Crippen molar-refractivity contribution in [2.75, 3.05) is 14.2 Å². The third-order valence-corrected chi connectivity index (χ3v) is 4.59. The molecule has 8 heteroatoms. The molecule has 1 saturated heterocycles. The Morgan fingerprint density at radius 2 is 2.13 bits per heavy atom. The first-order chi connectivity index (χ1) is 10.9. The van der Waals surface area contributed by atoms with Crippen LogP contribution in [0.15, 0.2) is 23.1 Å². The molecule has 2 rings (SSSR count). The molecule has 0 aliphatic carbocycles. The summed E-state index contributed by atoms with van der Waals surface area (Å²) < 4.78 is 9.98. The first kappa shape index (κ1) is 17.3. The standard InChI is InChI=1S/C15H15NO5S2/c1-8(14(19)21-3)16-13(18)12(23-15(16)22)7-9-4-5-10(17)11(6-9)20-2/h4-8,17H,1-3H3/b12-7-/t8-/m0/s1. The summed E-state index contributed by atoms with van der Waals surface area (Å²) in [6.07, 6.45) is 1.63. The van der Waals surface area contributed by atoms with E-state index in [0.29, 0.717) is 20.5 Å². The number of phenols is 1. The van der Waals surface area contributed by atoms with Crippen molar-refractivity contribution in [1.82, 2.24) is 4.90 Å². The van der Waals surface area contributed by atoms with Crippen LogP contribution in [-0.4, -0.2) is 46.5 Å². The van der Waals surface area contributed by atoms with Gasteiger partial charge in [0.2, 0.25) is 0 Å². The average molecular weight is 353 g/mol. The molecule has 1 aliphatic heterocycles. The van der Waals surface area contributed by atoms with E-state index < -0.39 is 12.0 Å². The molecule has 1 aliphatic rings. The molecule has 23 heavy (non-hydrogen) atoms. The number of thioether (sulfide) groups is 1. The summed E-state index contributed by atoms with van der Waals surface area (Å²) in [5.74, 6) is -0.576. The second kappa shape index (κ2) is 7.01. The smallest absolute Gasteiger partial charge is 0.328 e. The van der Waals surface area contributed by atoms with Crippen LogP contribution in [0, 0.1) is 0 Å². The Morgan fingerprint density at radius 3 is 2.74 bits per heavy atom. The minimum absolute atomic E-state index is 0.0107. The van der Waals surface area contributed by atoms with E-state index in [1.807, 2.05) is 0 Å². The fraction of sp³-hybridized carbons (Fsp3) is 0.267. The molecule has 0 radical (unpaired) electrons. The number of carbonyl (C=O) groups is 2. The lowest BCUT2D eigenvalue weighted by atomic mass is 10.2. The van der Waals surface area contributed by atoms with Gasteiger partial charge >= 0.3 is 5.97 Å². The van der Waals surface area contributed by atoms with Gasteiger partial charge in [0.15, 0.2) is 11.5 Å². The zero-order valence-electron chi connectivity index (χ0n) is 12.7. The Hall–Kier alpha value is -2.06. The van der Waals surface area contributed by atoms with Crippen LogP contribution in [0.3, 0.4) is 0 Å². The van der Waals surface area contributed by atoms with Gasteiger partial charge in [0.25, 0.3) is 5.91 Å². The van der Waals surface area contributed by atoms with Crippen molar-refractivity contribution in [3.8, 4) is 11.5 Å².